The molecule has 0 unspecified atom stereocenters. The van der Waals surface area contributed by atoms with Crippen molar-refractivity contribution in [2.24, 2.45) is 0 Å². The lowest BCUT2D eigenvalue weighted by atomic mass is 10.0. The van der Waals surface area contributed by atoms with Crippen LogP contribution in [0.5, 0.6) is 0 Å². The second kappa shape index (κ2) is 32.8. The van der Waals surface area contributed by atoms with E-state index in [-0.39, 0.29) is 0 Å². The summed E-state index contributed by atoms with van der Waals surface area (Å²) in [5, 5.41) is 16.6. The summed E-state index contributed by atoms with van der Waals surface area (Å²) in [5.74, 6) is 0. The molecule has 484 valence electrons. The third kappa shape index (κ3) is 17.4. The van der Waals surface area contributed by atoms with Gasteiger partial charge in [-0.2, -0.15) is 0 Å². The first-order valence-corrected chi connectivity index (χ1v) is 34.9. The van der Waals surface area contributed by atoms with E-state index in [4.69, 9.17) is 0 Å². The van der Waals surface area contributed by atoms with Crippen LogP contribution < -0.4 is 21.3 Å². The zero-order chi connectivity index (χ0) is 68.0. The molecule has 5 heteroatoms. The van der Waals surface area contributed by atoms with E-state index in [9.17, 15) is 0 Å². The average molecular weight is 1320 g/mol. The Balaban J connectivity index is 0.000000114. The first-order valence-electron chi connectivity index (χ1n) is 34.1. The fraction of sp³-hybridized carbons (Fsp3) is 0. The molecule has 0 spiro atoms. The largest absolute Gasteiger partial charge is 0.356 e. The molecule has 1 heterocycles. The third-order valence-corrected chi connectivity index (χ3v) is 18.6. The Morgan fingerprint density at radius 2 is 0.376 bits per heavy atom. The molecule has 1 aromatic heterocycles. The molecule has 0 aliphatic carbocycles. The number of hydrogen-bond donors (Lipinski definition) is 4. The highest BCUT2D eigenvalue weighted by molar-refractivity contribution is 7.26. The van der Waals surface area contributed by atoms with Crippen molar-refractivity contribution in [3.05, 3.63) is 425 Å². The quantitative estimate of drug-likeness (QED) is 0.0826. The van der Waals surface area contributed by atoms with Crippen molar-refractivity contribution in [2.45, 2.75) is 0 Å². The minimum Gasteiger partial charge on any atom is -0.356 e. The smallest absolute Gasteiger partial charge is 0.0433 e. The molecular formula is C96H74N4S. The fourth-order valence-corrected chi connectivity index (χ4v) is 13.5. The van der Waals surface area contributed by atoms with Gasteiger partial charge < -0.3 is 21.3 Å². The molecule has 0 bridgehead atoms. The predicted molar refractivity (Wildman–Crippen MR) is 436 cm³/mol. The van der Waals surface area contributed by atoms with Crippen molar-refractivity contribution in [3.63, 3.8) is 0 Å². The highest BCUT2D eigenvalue weighted by Crippen LogP contribution is 2.40. The molecule has 0 fully saturated rings. The molecule has 0 atom stereocenters. The van der Waals surface area contributed by atoms with Crippen molar-refractivity contribution in [3.8, 4) is 77.9 Å². The number of benzene rings is 16. The maximum Gasteiger partial charge on any atom is 0.0433 e. The van der Waals surface area contributed by atoms with Crippen LogP contribution >= 0.6 is 11.3 Å². The van der Waals surface area contributed by atoms with Crippen LogP contribution in [0.4, 0.5) is 45.5 Å². The molecule has 0 saturated carbocycles. The number of rotatable bonds is 15. The molecule has 17 aromatic rings. The van der Waals surface area contributed by atoms with Crippen LogP contribution in [0.25, 0.3) is 98.1 Å². The van der Waals surface area contributed by atoms with Crippen molar-refractivity contribution < 1.29 is 0 Å². The van der Waals surface area contributed by atoms with E-state index in [1.54, 1.807) is 0 Å². The molecule has 0 radical (unpaired) electrons. The van der Waals surface area contributed by atoms with Gasteiger partial charge in [-0.05, 0) is 181 Å². The van der Waals surface area contributed by atoms with Crippen molar-refractivity contribution in [1.29, 1.82) is 0 Å². The monoisotopic (exact) mass is 1310 g/mol. The zero-order valence-electron chi connectivity index (χ0n) is 55.8. The van der Waals surface area contributed by atoms with Crippen LogP contribution in [0.15, 0.2) is 425 Å². The standard InChI is InChI=1S/C24H17NS.3C24H19N/c1-2-7-18(8-3-1)25-19-15-13-17(14-16-19)20-10-6-11-22-21-9-4-5-12-23(21)26-24(20)22;1-3-9-19(10-4-1)21-13-7-15-23(17-21)25-24-16-8-14-22(18-24)20-11-5-2-6-12-20;1-3-8-19(9-4-1)21-14-16-23(17-15-21)25-24-13-7-12-22(18-24)20-10-5-2-6-11-20;1-3-7-19(8-4-1)21-11-15-23(16-12-21)25-24-17-13-22(14-18-24)20-9-5-2-6-10-20/h1-16,25H;3*1-18,25H. The molecule has 0 aliphatic rings. The highest BCUT2D eigenvalue weighted by Gasteiger charge is 2.11. The van der Waals surface area contributed by atoms with E-state index in [0.717, 1.165) is 45.5 Å². The topological polar surface area (TPSA) is 48.1 Å². The summed E-state index contributed by atoms with van der Waals surface area (Å²) in [6.07, 6.45) is 0. The van der Waals surface area contributed by atoms with Crippen molar-refractivity contribution in [2.75, 3.05) is 21.3 Å². The number of anilines is 8. The van der Waals surface area contributed by atoms with Gasteiger partial charge in [0.1, 0.15) is 0 Å². The maximum atomic E-state index is 3.52. The van der Waals surface area contributed by atoms with E-state index < -0.39 is 0 Å². The first-order chi connectivity index (χ1) is 50.0. The van der Waals surface area contributed by atoms with Crippen LogP contribution in [-0.2, 0) is 0 Å². The number of fused-ring (bicyclic) bond motifs is 3. The van der Waals surface area contributed by atoms with Gasteiger partial charge in [0.25, 0.3) is 0 Å². The SMILES string of the molecule is c1ccc(-c2ccc(Nc3ccc(-c4ccccc4)cc3)cc2)cc1.c1ccc(-c2ccc(Nc3cccc(-c4ccccc4)c3)cc2)cc1.c1ccc(-c2cccc(Nc3cccc(-c4ccccc4)c3)c2)cc1.c1ccc(Nc2ccc(-c3cccc4c3sc3ccccc34)cc2)cc1. The first kappa shape index (κ1) is 65.2. The normalized spacial score (nSPS) is 10.6. The van der Waals surface area contributed by atoms with E-state index in [2.05, 4.69) is 391 Å². The Kier molecular flexibility index (Phi) is 21.2. The number of thiophene rings is 1. The van der Waals surface area contributed by atoms with Crippen LogP contribution in [-0.4, -0.2) is 0 Å². The highest BCUT2D eigenvalue weighted by atomic mass is 32.1. The van der Waals surface area contributed by atoms with Gasteiger partial charge in [-0.15, -0.1) is 11.3 Å². The summed E-state index contributed by atoms with van der Waals surface area (Å²) >= 11 is 1.87. The second-order valence-corrected chi connectivity index (χ2v) is 25.4. The van der Waals surface area contributed by atoms with Crippen LogP contribution in [0.3, 0.4) is 0 Å². The van der Waals surface area contributed by atoms with E-state index in [1.165, 1.54) is 98.1 Å². The number of para-hydroxylation sites is 1. The van der Waals surface area contributed by atoms with Gasteiger partial charge in [-0.25, -0.2) is 0 Å². The molecule has 101 heavy (non-hydrogen) atoms. The van der Waals surface area contributed by atoms with Crippen molar-refractivity contribution in [1.82, 2.24) is 0 Å². The number of nitrogens with one attached hydrogen (secondary N) is 4. The van der Waals surface area contributed by atoms with Gasteiger partial charge in [-0.1, -0.05) is 322 Å². The molecule has 0 aliphatic heterocycles. The van der Waals surface area contributed by atoms with Gasteiger partial charge in [0.05, 0.1) is 0 Å². The Bertz CT molecular complexity index is 5220. The molecule has 4 nitrogen and oxygen atoms in total. The van der Waals surface area contributed by atoms with Gasteiger partial charge in [-0.3, -0.25) is 0 Å². The lowest BCUT2D eigenvalue weighted by Crippen LogP contribution is -1.91. The maximum absolute atomic E-state index is 3.52. The lowest BCUT2D eigenvalue weighted by molar-refractivity contribution is 1.53. The molecule has 16 aromatic carbocycles. The van der Waals surface area contributed by atoms with Gasteiger partial charge >= 0.3 is 0 Å². The molecule has 0 amide bonds. The van der Waals surface area contributed by atoms with Gasteiger partial charge in [0, 0.05) is 65.7 Å². The fourth-order valence-electron chi connectivity index (χ4n) is 12.2. The molecular weight excluding hydrogens is 1240 g/mol. The predicted octanol–water partition coefficient (Wildman–Crippen LogP) is 27.8. The Morgan fingerprint density at radius 1 is 0.149 bits per heavy atom. The van der Waals surface area contributed by atoms with Crippen LogP contribution in [0, 0.1) is 0 Å². The average Bonchev–Trinajstić information content (AvgIpc) is 1.63. The van der Waals surface area contributed by atoms with Gasteiger partial charge in [0.2, 0.25) is 0 Å². The minimum atomic E-state index is 1.09. The minimum absolute atomic E-state index is 1.09. The van der Waals surface area contributed by atoms with E-state index >= 15 is 0 Å². The second-order valence-electron chi connectivity index (χ2n) is 24.4. The molecule has 4 N–H and O–H groups in total. The van der Waals surface area contributed by atoms with E-state index in [0.29, 0.717) is 0 Å². The summed E-state index contributed by atoms with van der Waals surface area (Å²) in [4.78, 5) is 0. The van der Waals surface area contributed by atoms with E-state index in [1.807, 2.05) is 65.9 Å². The molecule has 17 rings (SSSR count). The summed E-state index contributed by atoms with van der Waals surface area (Å²) in [5.41, 5.74) is 26.0. The zero-order valence-corrected chi connectivity index (χ0v) is 56.6. The summed E-state index contributed by atoms with van der Waals surface area (Å²) in [6.45, 7) is 0. The summed E-state index contributed by atoms with van der Waals surface area (Å²) < 4.78 is 2.70. The van der Waals surface area contributed by atoms with Crippen molar-refractivity contribution >= 4 is 77.0 Å². The van der Waals surface area contributed by atoms with Crippen LogP contribution in [0.1, 0.15) is 0 Å². The summed E-state index contributed by atoms with van der Waals surface area (Å²) in [6, 6.07) is 148. The number of hydrogen-bond acceptors (Lipinski definition) is 5. The Morgan fingerprint density at radius 3 is 0.733 bits per heavy atom. The molecule has 0 saturated heterocycles. The Labute approximate surface area is 596 Å². The summed E-state index contributed by atoms with van der Waals surface area (Å²) in [7, 11) is 0. The van der Waals surface area contributed by atoms with Crippen LogP contribution in [0.2, 0.25) is 0 Å². The van der Waals surface area contributed by atoms with Gasteiger partial charge in [0.15, 0.2) is 0 Å². The Hall–Kier alpha value is -13.1. The lowest BCUT2D eigenvalue weighted by Gasteiger charge is -2.10. The third-order valence-electron chi connectivity index (χ3n) is 17.4.